The van der Waals surface area contributed by atoms with Crippen molar-refractivity contribution in [3.05, 3.63) is 35.1 Å². The molecule has 3 nitrogen and oxygen atoms in total. The first-order valence-corrected chi connectivity index (χ1v) is 6.93. The topological polar surface area (TPSA) is 41.1 Å². The standard InChI is InChI=1S/C15H19FN2O/c1-9-3-2-4-11(13(9)16)8-17-15(19)14-10-5-6-12(7-10)18-14/h2-4,10,12,14,18H,5-8H2,1H3,(H,17,19). The van der Waals surface area contributed by atoms with Crippen LogP contribution in [0.2, 0.25) is 0 Å². The number of hydrogen-bond donors (Lipinski definition) is 2. The lowest BCUT2D eigenvalue weighted by Gasteiger charge is -2.22. The summed E-state index contributed by atoms with van der Waals surface area (Å²) in [4.78, 5) is 12.1. The van der Waals surface area contributed by atoms with Gasteiger partial charge in [-0.1, -0.05) is 18.2 Å². The van der Waals surface area contributed by atoms with Gasteiger partial charge < -0.3 is 10.6 Å². The molecule has 1 aromatic carbocycles. The Kier molecular flexibility index (Phi) is 3.27. The fraction of sp³-hybridized carbons (Fsp3) is 0.533. The summed E-state index contributed by atoms with van der Waals surface area (Å²) in [5.41, 5.74) is 1.17. The van der Waals surface area contributed by atoms with Crippen molar-refractivity contribution in [1.82, 2.24) is 10.6 Å². The van der Waals surface area contributed by atoms with Gasteiger partial charge in [-0.25, -0.2) is 4.39 Å². The normalized spacial score (nSPS) is 28.6. The number of fused-ring (bicyclic) bond motifs is 2. The highest BCUT2D eigenvalue weighted by Gasteiger charge is 2.42. The number of carbonyl (C=O) groups is 1. The van der Waals surface area contributed by atoms with Crippen LogP contribution in [-0.4, -0.2) is 18.0 Å². The summed E-state index contributed by atoms with van der Waals surface area (Å²) in [6.45, 7) is 2.00. The fourth-order valence-electron chi connectivity index (χ4n) is 3.29. The molecule has 0 radical (unpaired) electrons. The minimum Gasteiger partial charge on any atom is -0.351 e. The minimum absolute atomic E-state index is 0.00751. The van der Waals surface area contributed by atoms with Crippen LogP contribution in [0.25, 0.3) is 0 Å². The third-order valence-corrected chi connectivity index (χ3v) is 4.37. The first-order chi connectivity index (χ1) is 9.15. The molecule has 1 heterocycles. The second-order valence-corrected chi connectivity index (χ2v) is 5.68. The largest absolute Gasteiger partial charge is 0.351 e. The Labute approximate surface area is 112 Å². The van der Waals surface area contributed by atoms with Gasteiger partial charge in [-0.15, -0.1) is 0 Å². The monoisotopic (exact) mass is 262 g/mol. The van der Waals surface area contributed by atoms with E-state index >= 15 is 0 Å². The molecule has 3 rings (SSSR count). The molecule has 2 fully saturated rings. The van der Waals surface area contributed by atoms with Crippen molar-refractivity contribution in [1.29, 1.82) is 0 Å². The molecule has 1 aliphatic carbocycles. The molecule has 3 unspecified atom stereocenters. The summed E-state index contributed by atoms with van der Waals surface area (Å²) < 4.78 is 13.8. The maximum atomic E-state index is 13.8. The minimum atomic E-state index is -0.219. The van der Waals surface area contributed by atoms with Crippen molar-refractivity contribution in [2.75, 3.05) is 0 Å². The molecule has 1 aliphatic heterocycles. The lowest BCUT2D eigenvalue weighted by atomic mass is 9.99. The molecular weight excluding hydrogens is 243 g/mol. The Bertz CT molecular complexity index is 503. The van der Waals surface area contributed by atoms with Gasteiger partial charge in [0.1, 0.15) is 5.82 Å². The highest BCUT2D eigenvalue weighted by Crippen LogP contribution is 2.35. The molecule has 1 aromatic rings. The molecular formula is C15H19FN2O. The molecule has 2 bridgehead atoms. The van der Waals surface area contributed by atoms with Crippen molar-refractivity contribution in [3.8, 4) is 0 Å². The number of carbonyl (C=O) groups excluding carboxylic acids is 1. The SMILES string of the molecule is Cc1cccc(CNC(=O)C2NC3CCC2C3)c1F. The summed E-state index contributed by atoms with van der Waals surface area (Å²) >= 11 is 0. The van der Waals surface area contributed by atoms with Gasteiger partial charge in [0.05, 0.1) is 6.04 Å². The summed E-state index contributed by atoms with van der Waals surface area (Å²) in [5.74, 6) is 0.254. The first-order valence-electron chi connectivity index (χ1n) is 6.93. The molecule has 1 saturated carbocycles. The number of amides is 1. The van der Waals surface area contributed by atoms with Crippen LogP contribution in [0.1, 0.15) is 30.4 Å². The molecule has 2 aliphatic rings. The predicted octanol–water partition coefficient (Wildman–Crippen LogP) is 1.89. The Balaban J connectivity index is 1.60. The Morgan fingerprint density at radius 2 is 2.32 bits per heavy atom. The van der Waals surface area contributed by atoms with E-state index in [-0.39, 0.29) is 24.3 Å². The third kappa shape index (κ3) is 2.37. The predicted molar refractivity (Wildman–Crippen MR) is 71.0 cm³/mol. The quantitative estimate of drug-likeness (QED) is 0.873. The second-order valence-electron chi connectivity index (χ2n) is 5.68. The van der Waals surface area contributed by atoms with Crippen LogP contribution < -0.4 is 10.6 Å². The van der Waals surface area contributed by atoms with Crippen molar-refractivity contribution in [2.45, 2.75) is 44.8 Å². The Morgan fingerprint density at radius 3 is 3.00 bits per heavy atom. The number of piperidine rings is 1. The van der Waals surface area contributed by atoms with Crippen LogP contribution in [-0.2, 0) is 11.3 Å². The van der Waals surface area contributed by atoms with E-state index in [0.29, 0.717) is 23.1 Å². The summed E-state index contributed by atoms with van der Waals surface area (Å²) in [5, 5.41) is 6.20. The highest BCUT2D eigenvalue weighted by molar-refractivity contribution is 5.82. The zero-order chi connectivity index (χ0) is 13.4. The van der Waals surface area contributed by atoms with Crippen molar-refractivity contribution in [2.24, 2.45) is 5.92 Å². The van der Waals surface area contributed by atoms with Crippen LogP contribution in [0.4, 0.5) is 4.39 Å². The van der Waals surface area contributed by atoms with Crippen LogP contribution in [0.5, 0.6) is 0 Å². The van der Waals surface area contributed by atoms with E-state index in [9.17, 15) is 9.18 Å². The average Bonchev–Trinajstić information content (AvgIpc) is 3.02. The van der Waals surface area contributed by atoms with Crippen LogP contribution in [0, 0.1) is 18.7 Å². The lowest BCUT2D eigenvalue weighted by Crippen LogP contribution is -2.47. The number of aryl methyl sites for hydroxylation is 1. The molecule has 1 amide bonds. The maximum absolute atomic E-state index is 13.8. The molecule has 1 saturated heterocycles. The van der Waals surface area contributed by atoms with Gasteiger partial charge in [0.2, 0.25) is 5.91 Å². The van der Waals surface area contributed by atoms with E-state index in [2.05, 4.69) is 10.6 Å². The number of rotatable bonds is 3. The van der Waals surface area contributed by atoms with Crippen LogP contribution in [0.15, 0.2) is 18.2 Å². The number of benzene rings is 1. The molecule has 2 N–H and O–H groups in total. The number of nitrogens with one attached hydrogen (secondary N) is 2. The second kappa shape index (κ2) is 4.93. The summed E-state index contributed by atoms with van der Waals surface area (Å²) in [7, 11) is 0. The lowest BCUT2D eigenvalue weighted by molar-refractivity contribution is -0.124. The smallest absolute Gasteiger partial charge is 0.237 e. The van der Waals surface area contributed by atoms with E-state index < -0.39 is 0 Å². The van der Waals surface area contributed by atoms with Crippen molar-refractivity contribution in [3.63, 3.8) is 0 Å². The van der Waals surface area contributed by atoms with Gasteiger partial charge in [-0.2, -0.15) is 0 Å². The van der Waals surface area contributed by atoms with E-state index in [1.807, 2.05) is 6.07 Å². The molecule has 102 valence electrons. The number of hydrogen-bond acceptors (Lipinski definition) is 2. The van der Waals surface area contributed by atoms with Crippen LogP contribution >= 0.6 is 0 Å². The van der Waals surface area contributed by atoms with Gasteiger partial charge in [0, 0.05) is 18.2 Å². The number of halogens is 1. The molecule has 0 spiro atoms. The molecule has 19 heavy (non-hydrogen) atoms. The molecule has 3 atom stereocenters. The van der Waals surface area contributed by atoms with Crippen LogP contribution in [0.3, 0.4) is 0 Å². The van der Waals surface area contributed by atoms with Gasteiger partial charge in [0.15, 0.2) is 0 Å². The van der Waals surface area contributed by atoms with E-state index in [1.165, 1.54) is 6.42 Å². The van der Waals surface area contributed by atoms with Crippen molar-refractivity contribution >= 4 is 5.91 Å². The Morgan fingerprint density at radius 1 is 1.47 bits per heavy atom. The van der Waals surface area contributed by atoms with Gasteiger partial charge >= 0.3 is 0 Å². The summed E-state index contributed by atoms with van der Waals surface area (Å²) in [6, 6.07) is 5.70. The van der Waals surface area contributed by atoms with Crippen molar-refractivity contribution < 1.29 is 9.18 Å². The highest BCUT2D eigenvalue weighted by atomic mass is 19.1. The van der Waals surface area contributed by atoms with E-state index in [4.69, 9.17) is 0 Å². The zero-order valence-electron chi connectivity index (χ0n) is 11.1. The van der Waals surface area contributed by atoms with E-state index in [1.54, 1.807) is 19.1 Å². The Hall–Kier alpha value is -1.42. The fourth-order valence-corrected chi connectivity index (χ4v) is 3.29. The van der Waals surface area contributed by atoms with Gasteiger partial charge in [-0.05, 0) is 37.7 Å². The summed E-state index contributed by atoms with van der Waals surface area (Å²) in [6.07, 6.45) is 3.42. The maximum Gasteiger partial charge on any atom is 0.237 e. The average molecular weight is 262 g/mol. The molecule has 4 heteroatoms. The van der Waals surface area contributed by atoms with E-state index in [0.717, 1.165) is 12.8 Å². The third-order valence-electron chi connectivity index (χ3n) is 4.37. The van der Waals surface area contributed by atoms with Gasteiger partial charge in [-0.3, -0.25) is 4.79 Å². The first kappa shape index (κ1) is 12.6. The molecule has 0 aromatic heterocycles. The zero-order valence-corrected chi connectivity index (χ0v) is 11.1. The van der Waals surface area contributed by atoms with Gasteiger partial charge in [0.25, 0.3) is 0 Å².